The molecule has 19 heavy (non-hydrogen) atoms. The molecule has 2 rings (SSSR count). The predicted molar refractivity (Wildman–Crippen MR) is 76.4 cm³/mol. The third-order valence-electron chi connectivity index (χ3n) is 2.55. The first-order chi connectivity index (χ1) is 8.65. The number of benzene rings is 1. The van der Waals surface area contributed by atoms with E-state index in [-0.39, 0.29) is 11.5 Å². The number of hydrogen-bond donors (Lipinski definition) is 2. The Morgan fingerprint density at radius 1 is 1.16 bits per heavy atom. The van der Waals surface area contributed by atoms with Crippen molar-refractivity contribution in [3.05, 3.63) is 53.9 Å². The Bertz CT molecular complexity index is 556. The number of aryl methyl sites for hydroxylation is 2. The molecule has 2 amide bonds. The van der Waals surface area contributed by atoms with Gasteiger partial charge in [-0.1, -0.05) is 17.7 Å². The Balaban J connectivity index is 0.00000180. The van der Waals surface area contributed by atoms with Crippen LogP contribution in [0.4, 0.5) is 16.2 Å². The number of urea groups is 1. The number of nitrogens with one attached hydrogen (secondary N) is 2. The van der Waals surface area contributed by atoms with E-state index in [2.05, 4.69) is 15.6 Å². The molecule has 0 aliphatic rings. The molecule has 0 aliphatic carbocycles. The van der Waals surface area contributed by atoms with Crippen LogP contribution in [0.1, 0.15) is 11.1 Å². The third kappa shape index (κ3) is 4.08. The van der Waals surface area contributed by atoms with Gasteiger partial charge in [0.15, 0.2) is 0 Å². The molecule has 0 radical (unpaired) electrons. The smallest absolute Gasteiger partial charge is 0.323 e. The van der Waals surface area contributed by atoms with E-state index < -0.39 is 0 Å². The summed E-state index contributed by atoms with van der Waals surface area (Å²) in [4.78, 5) is 15.7. The largest absolute Gasteiger partial charge is 0.412 e. The first kappa shape index (κ1) is 14.7. The topological polar surface area (TPSA) is 85.5 Å². The van der Waals surface area contributed by atoms with Crippen molar-refractivity contribution >= 4 is 17.4 Å². The second-order valence-corrected chi connectivity index (χ2v) is 4.14. The number of anilines is 2. The molecule has 4 N–H and O–H groups in total. The molecule has 1 heterocycles. The Kier molecular flexibility index (Phi) is 5.02. The molecule has 2 aromatic rings. The van der Waals surface area contributed by atoms with Crippen molar-refractivity contribution < 1.29 is 10.3 Å². The van der Waals surface area contributed by atoms with Gasteiger partial charge in [0.2, 0.25) is 0 Å². The summed E-state index contributed by atoms with van der Waals surface area (Å²) in [5, 5.41) is 5.53. The van der Waals surface area contributed by atoms with Crippen molar-refractivity contribution in [1.29, 1.82) is 0 Å². The minimum atomic E-state index is -0.269. The van der Waals surface area contributed by atoms with E-state index in [9.17, 15) is 4.79 Å². The Morgan fingerprint density at radius 2 is 1.95 bits per heavy atom. The SMILES string of the molecule is Cc1ccc(NC(=O)Nc2cccnc2)c(C)c1.O. The maximum absolute atomic E-state index is 11.8. The van der Waals surface area contributed by atoms with Gasteiger partial charge in [-0.25, -0.2) is 4.79 Å². The van der Waals surface area contributed by atoms with Crippen LogP contribution in [0.25, 0.3) is 0 Å². The van der Waals surface area contributed by atoms with Gasteiger partial charge in [0.1, 0.15) is 0 Å². The number of nitrogens with zero attached hydrogens (tertiary/aromatic N) is 1. The number of hydrogen-bond acceptors (Lipinski definition) is 2. The van der Waals surface area contributed by atoms with Gasteiger partial charge in [0.25, 0.3) is 0 Å². The molecule has 1 aromatic heterocycles. The van der Waals surface area contributed by atoms with Gasteiger partial charge in [0.05, 0.1) is 11.9 Å². The fourth-order valence-corrected chi connectivity index (χ4v) is 1.68. The number of aromatic nitrogens is 1. The predicted octanol–water partition coefficient (Wildman–Crippen LogP) is 2.52. The maximum atomic E-state index is 11.8. The van der Waals surface area contributed by atoms with Crippen molar-refractivity contribution in [3.8, 4) is 0 Å². The molecule has 0 bridgehead atoms. The summed E-state index contributed by atoms with van der Waals surface area (Å²) < 4.78 is 0. The number of carbonyl (C=O) groups is 1. The van der Waals surface area contributed by atoms with Gasteiger partial charge in [-0.3, -0.25) is 4.98 Å². The van der Waals surface area contributed by atoms with E-state index in [0.29, 0.717) is 5.69 Å². The van der Waals surface area contributed by atoms with Crippen LogP contribution in [0.5, 0.6) is 0 Å². The summed E-state index contributed by atoms with van der Waals surface area (Å²) >= 11 is 0. The quantitative estimate of drug-likeness (QED) is 0.868. The summed E-state index contributed by atoms with van der Waals surface area (Å²) in [5.74, 6) is 0. The lowest BCUT2D eigenvalue weighted by Gasteiger charge is -2.10. The van der Waals surface area contributed by atoms with E-state index in [4.69, 9.17) is 0 Å². The first-order valence-corrected chi connectivity index (χ1v) is 5.70. The highest BCUT2D eigenvalue weighted by molar-refractivity contribution is 6.00. The Morgan fingerprint density at radius 3 is 2.58 bits per heavy atom. The zero-order chi connectivity index (χ0) is 13.0. The van der Waals surface area contributed by atoms with Crippen LogP contribution < -0.4 is 10.6 Å². The standard InChI is InChI=1S/C14H15N3O.H2O/c1-10-5-6-13(11(2)8-10)17-14(18)16-12-4-3-7-15-9-12;/h3-9H,1-2H3,(H2,16,17,18);1H2. The van der Waals surface area contributed by atoms with E-state index in [1.807, 2.05) is 32.0 Å². The summed E-state index contributed by atoms with van der Waals surface area (Å²) in [5.41, 5.74) is 3.68. The molecule has 5 heteroatoms. The van der Waals surface area contributed by atoms with Gasteiger partial charge in [0, 0.05) is 11.9 Å². The van der Waals surface area contributed by atoms with E-state index in [1.54, 1.807) is 24.5 Å². The zero-order valence-electron chi connectivity index (χ0n) is 10.9. The van der Waals surface area contributed by atoms with Gasteiger partial charge >= 0.3 is 6.03 Å². The van der Waals surface area contributed by atoms with Crippen LogP contribution in [0, 0.1) is 13.8 Å². The van der Waals surface area contributed by atoms with Crippen LogP contribution >= 0.6 is 0 Å². The highest BCUT2D eigenvalue weighted by Crippen LogP contribution is 2.16. The summed E-state index contributed by atoms with van der Waals surface area (Å²) in [6.07, 6.45) is 3.26. The van der Waals surface area contributed by atoms with Crippen LogP contribution in [0.3, 0.4) is 0 Å². The third-order valence-corrected chi connectivity index (χ3v) is 2.55. The highest BCUT2D eigenvalue weighted by Gasteiger charge is 2.04. The van der Waals surface area contributed by atoms with E-state index in [1.165, 1.54) is 5.56 Å². The normalized spacial score (nSPS) is 9.37. The van der Waals surface area contributed by atoms with E-state index >= 15 is 0 Å². The summed E-state index contributed by atoms with van der Waals surface area (Å²) in [6.45, 7) is 3.99. The highest BCUT2D eigenvalue weighted by atomic mass is 16.2. The number of pyridine rings is 1. The van der Waals surface area contributed by atoms with Gasteiger partial charge in [-0.05, 0) is 37.6 Å². The monoisotopic (exact) mass is 259 g/mol. The van der Waals surface area contributed by atoms with Crippen LogP contribution in [0.2, 0.25) is 0 Å². The van der Waals surface area contributed by atoms with Gasteiger partial charge in [-0.15, -0.1) is 0 Å². The molecule has 0 aliphatic heterocycles. The molecular weight excluding hydrogens is 242 g/mol. The summed E-state index contributed by atoms with van der Waals surface area (Å²) in [6, 6.07) is 9.18. The molecule has 5 nitrogen and oxygen atoms in total. The lowest BCUT2D eigenvalue weighted by Crippen LogP contribution is -2.20. The average molecular weight is 259 g/mol. The minimum Gasteiger partial charge on any atom is -0.412 e. The Hall–Kier alpha value is -2.40. The molecule has 0 fully saturated rings. The minimum absolute atomic E-state index is 0. The molecule has 1 aromatic carbocycles. The number of amides is 2. The Labute approximate surface area is 112 Å². The second kappa shape index (κ2) is 6.51. The molecule has 0 spiro atoms. The van der Waals surface area contributed by atoms with Gasteiger partial charge < -0.3 is 16.1 Å². The molecular formula is C14H17N3O2. The zero-order valence-corrected chi connectivity index (χ0v) is 10.9. The summed E-state index contributed by atoms with van der Waals surface area (Å²) in [7, 11) is 0. The van der Waals surface area contributed by atoms with Crippen LogP contribution in [0.15, 0.2) is 42.7 Å². The number of rotatable bonds is 2. The van der Waals surface area contributed by atoms with Crippen molar-refractivity contribution in [2.24, 2.45) is 0 Å². The van der Waals surface area contributed by atoms with Crippen molar-refractivity contribution in [2.45, 2.75) is 13.8 Å². The fourth-order valence-electron chi connectivity index (χ4n) is 1.68. The second-order valence-electron chi connectivity index (χ2n) is 4.14. The lowest BCUT2D eigenvalue weighted by atomic mass is 10.1. The first-order valence-electron chi connectivity index (χ1n) is 5.70. The van der Waals surface area contributed by atoms with E-state index in [0.717, 1.165) is 11.3 Å². The van der Waals surface area contributed by atoms with Crippen molar-refractivity contribution in [3.63, 3.8) is 0 Å². The van der Waals surface area contributed by atoms with Crippen LogP contribution in [-0.2, 0) is 0 Å². The van der Waals surface area contributed by atoms with Crippen molar-refractivity contribution in [2.75, 3.05) is 10.6 Å². The van der Waals surface area contributed by atoms with Gasteiger partial charge in [-0.2, -0.15) is 0 Å². The van der Waals surface area contributed by atoms with Crippen molar-refractivity contribution in [1.82, 2.24) is 4.98 Å². The molecule has 0 saturated carbocycles. The maximum Gasteiger partial charge on any atom is 0.323 e. The molecule has 0 unspecified atom stereocenters. The molecule has 100 valence electrons. The number of carbonyl (C=O) groups excluding carboxylic acids is 1. The average Bonchev–Trinajstić information content (AvgIpc) is 2.34. The fraction of sp³-hybridized carbons (Fsp3) is 0.143. The molecule has 0 saturated heterocycles. The van der Waals surface area contributed by atoms with Crippen LogP contribution in [-0.4, -0.2) is 16.5 Å². The lowest BCUT2D eigenvalue weighted by molar-refractivity contribution is 0.262. The molecule has 0 atom stereocenters.